The summed E-state index contributed by atoms with van der Waals surface area (Å²) in [7, 11) is 0. The van der Waals surface area contributed by atoms with Crippen LogP contribution in [0.5, 0.6) is 0 Å². The second kappa shape index (κ2) is 19.5. The maximum atomic E-state index is 11.0. The van der Waals surface area contributed by atoms with E-state index in [0.29, 0.717) is 11.3 Å². The molecular weight excluding hydrogens is 657 g/mol. The van der Waals surface area contributed by atoms with Gasteiger partial charge in [0.05, 0.1) is 16.0 Å². The maximum Gasteiger partial charge on any atom is 0.294 e. The van der Waals surface area contributed by atoms with Crippen molar-refractivity contribution in [3.8, 4) is 0 Å². The van der Waals surface area contributed by atoms with Crippen molar-refractivity contribution in [3.05, 3.63) is 93.8 Å². The second-order valence-electron chi connectivity index (χ2n) is 11.5. The molecule has 0 atom stereocenters. The third-order valence-electron chi connectivity index (χ3n) is 7.92. The van der Waals surface area contributed by atoms with E-state index < -0.39 is 4.92 Å². The Labute approximate surface area is 300 Å². The smallest absolute Gasteiger partial charge is 0.294 e. The molecule has 0 saturated heterocycles. The number of hydrogen-bond donors (Lipinski definition) is 1. The molecule has 0 aromatic carbocycles. The average Bonchev–Trinajstić information content (AvgIpc) is 3.22. The molecule has 0 amide bonds. The molecule has 1 radical (unpaired) electrons. The van der Waals surface area contributed by atoms with E-state index in [1.807, 2.05) is 41.5 Å². The van der Waals surface area contributed by atoms with Crippen molar-refractivity contribution in [2.45, 2.75) is 124 Å². The molecular formula is C35H53N6O4Y-. The molecule has 0 aliphatic carbocycles. The number of rotatable bonds is 3. The zero-order valence-corrected chi connectivity index (χ0v) is 32.6. The Balaban J connectivity index is 0. The summed E-state index contributed by atoms with van der Waals surface area (Å²) in [6.45, 7) is 29.5. The number of aromatic nitrogens is 4. The quantitative estimate of drug-likeness (QED) is 0.127. The number of nitrogens with one attached hydrogen (secondary N) is 1. The van der Waals surface area contributed by atoms with Crippen LogP contribution < -0.4 is 0 Å². The minimum absolute atomic E-state index is 0. The summed E-state index contributed by atoms with van der Waals surface area (Å²) in [6.07, 6.45) is 3.65. The summed E-state index contributed by atoms with van der Waals surface area (Å²) in [5.74, 6) is 0.0726. The van der Waals surface area contributed by atoms with Gasteiger partial charge in [-0.3, -0.25) is 30.2 Å². The summed E-state index contributed by atoms with van der Waals surface area (Å²) in [5.41, 5.74) is 14.1. The van der Waals surface area contributed by atoms with Gasteiger partial charge in [0.2, 0.25) is 0 Å². The van der Waals surface area contributed by atoms with Gasteiger partial charge in [-0.15, -0.1) is 5.56 Å². The third kappa shape index (κ3) is 10.7. The van der Waals surface area contributed by atoms with Crippen molar-refractivity contribution in [1.29, 1.82) is 0 Å². The minimum Gasteiger partial charge on any atom is -0.384 e. The van der Waals surface area contributed by atoms with Crippen molar-refractivity contribution in [1.82, 2.24) is 19.9 Å². The molecule has 0 aliphatic rings. The van der Waals surface area contributed by atoms with Gasteiger partial charge in [0.1, 0.15) is 5.69 Å². The molecule has 4 rings (SSSR count). The van der Waals surface area contributed by atoms with Crippen molar-refractivity contribution in [2.24, 2.45) is 0 Å². The van der Waals surface area contributed by atoms with Crippen LogP contribution in [-0.2, 0) is 32.7 Å². The average molecular weight is 711 g/mol. The first-order chi connectivity index (χ1) is 20.3. The third-order valence-corrected chi connectivity index (χ3v) is 7.92. The second-order valence-corrected chi connectivity index (χ2v) is 11.5. The predicted octanol–water partition coefficient (Wildman–Crippen LogP) is 9.91. The van der Waals surface area contributed by atoms with E-state index in [2.05, 4.69) is 74.6 Å². The number of aromatic amines is 1. The summed E-state index contributed by atoms with van der Waals surface area (Å²) in [6, 6.07) is 0. The molecule has 0 aliphatic heterocycles. The van der Waals surface area contributed by atoms with Crippen molar-refractivity contribution < 1.29 is 42.6 Å². The van der Waals surface area contributed by atoms with Crippen LogP contribution in [0.25, 0.3) is 11.0 Å². The number of H-pyrrole nitrogens is 1. The van der Waals surface area contributed by atoms with Crippen LogP contribution in [0.3, 0.4) is 0 Å². The van der Waals surface area contributed by atoms with Crippen LogP contribution in [0.15, 0.2) is 0 Å². The topological polar surface area (TPSA) is 141 Å². The zero-order chi connectivity index (χ0) is 34.2. The number of hydrogen-bond acceptors (Lipinski definition) is 7. The van der Waals surface area contributed by atoms with Gasteiger partial charge in [-0.05, 0) is 77.6 Å². The van der Waals surface area contributed by atoms with Gasteiger partial charge in [-0.2, -0.15) is 0 Å². The first-order valence-corrected chi connectivity index (χ1v) is 14.9. The minimum atomic E-state index is -0.464. The normalized spacial score (nSPS) is 9.91. The van der Waals surface area contributed by atoms with E-state index in [4.69, 9.17) is 0 Å². The molecule has 11 heteroatoms. The standard InChI is InChI=1S/C12H16N2.C11H16N2O2.C8H9N2O2.C3H8.CH4.Y/c1-6-7(2)11-12(13-9(6)4)8(3)10(5)14-11;1-6(2)10-11(13(14)15)8(4)7(3)9(5)12-10;1-5-6(2)8(10(11)12)4-9-7(5)3;1-3-2;;/h14H,1-5H3;6H,1-5H3;1-3H3;3H2,1-2H3;1H4;/q;;-1;;;. The van der Waals surface area contributed by atoms with Gasteiger partial charge in [0.25, 0.3) is 5.69 Å². The van der Waals surface area contributed by atoms with E-state index in [9.17, 15) is 20.2 Å². The molecule has 0 fully saturated rings. The number of nitro groups is 2. The molecule has 0 unspecified atom stereocenters. The van der Waals surface area contributed by atoms with Gasteiger partial charge in [0, 0.05) is 72.4 Å². The number of fused-ring (bicyclic) bond motifs is 1. The fourth-order valence-electron chi connectivity index (χ4n) is 4.35. The molecule has 1 N–H and O–H groups in total. The zero-order valence-electron chi connectivity index (χ0n) is 29.7. The molecule has 0 bridgehead atoms. The maximum absolute atomic E-state index is 11.0. The van der Waals surface area contributed by atoms with Gasteiger partial charge in [-0.25, -0.2) is 0 Å². The van der Waals surface area contributed by atoms with Crippen LogP contribution in [0.2, 0.25) is 0 Å². The Morgan fingerprint density at radius 3 is 1.61 bits per heavy atom. The summed E-state index contributed by atoms with van der Waals surface area (Å²) in [4.78, 5) is 36.7. The van der Waals surface area contributed by atoms with Gasteiger partial charge in [-0.1, -0.05) is 73.6 Å². The first kappa shape index (κ1) is 45.0. The fourth-order valence-corrected chi connectivity index (χ4v) is 4.35. The van der Waals surface area contributed by atoms with Gasteiger partial charge >= 0.3 is 0 Å². The number of aryl methyl sites for hydroxylation is 6. The summed E-state index contributed by atoms with van der Waals surface area (Å²) >= 11 is 0. The van der Waals surface area contributed by atoms with E-state index >= 15 is 0 Å². The molecule has 0 spiro atoms. The molecule has 10 nitrogen and oxygen atoms in total. The molecule has 0 saturated carbocycles. The summed E-state index contributed by atoms with van der Waals surface area (Å²) in [5, 5.41) is 21.4. The number of nitrogens with zero attached hydrogens (tertiary/aromatic N) is 5. The van der Waals surface area contributed by atoms with Crippen molar-refractivity contribution in [2.75, 3.05) is 0 Å². The largest absolute Gasteiger partial charge is 0.384 e. The van der Waals surface area contributed by atoms with Crippen molar-refractivity contribution in [3.63, 3.8) is 0 Å². The Morgan fingerprint density at radius 2 is 1.15 bits per heavy atom. The Morgan fingerprint density at radius 1 is 0.696 bits per heavy atom. The van der Waals surface area contributed by atoms with E-state index in [0.717, 1.165) is 39.3 Å². The van der Waals surface area contributed by atoms with Gasteiger partial charge in [0.15, 0.2) is 5.69 Å². The van der Waals surface area contributed by atoms with Crippen LogP contribution in [0, 0.1) is 103 Å². The van der Waals surface area contributed by atoms with Crippen LogP contribution >= 0.6 is 0 Å². The Bertz CT molecular complexity index is 1660. The molecule has 46 heavy (non-hydrogen) atoms. The van der Waals surface area contributed by atoms with Crippen LogP contribution in [0.4, 0.5) is 11.4 Å². The van der Waals surface area contributed by atoms with Gasteiger partial charge < -0.3 is 9.97 Å². The Kier molecular flexibility index (Phi) is 19.1. The van der Waals surface area contributed by atoms with Crippen LogP contribution in [-0.4, -0.2) is 29.8 Å². The van der Waals surface area contributed by atoms with Crippen molar-refractivity contribution >= 4 is 22.4 Å². The Hall–Kier alpha value is -3.11. The van der Waals surface area contributed by atoms with Crippen LogP contribution in [0.1, 0.15) is 115 Å². The molecule has 4 aromatic heterocycles. The van der Waals surface area contributed by atoms with E-state index in [-0.39, 0.29) is 62.4 Å². The fraction of sp³-hybridized carbons (Fsp3) is 0.514. The number of pyridine rings is 3. The predicted molar refractivity (Wildman–Crippen MR) is 186 cm³/mol. The van der Waals surface area contributed by atoms with E-state index in [1.54, 1.807) is 13.8 Å². The monoisotopic (exact) mass is 710 g/mol. The first-order valence-electron chi connectivity index (χ1n) is 14.9. The molecule has 251 valence electrons. The SMILES string of the molecule is C.CCC.Cc1n[c-]c([N+](=O)[O-])c(C)c1C.Cc1nc(C(C)C)c([N+](=O)[O-])c(C)c1C.Cc1nc2c(C)c(C)[nH]c2c(C)c1C.[Y]. The molecule has 4 aromatic rings. The summed E-state index contributed by atoms with van der Waals surface area (Å²) < 4.78 is 0. The molecule has 4 heterocycles. The van der Waals surface area contributed by atoms with E-state index in [1.165, 1.54) is 34.3 Å².